The fourth-order valence-corrected chi connectivity index (χ4v) is 3.00. The molecule has 0 spiro atoms. The van der Waals surface area contributed by atoms with Crippen LogP contribution in [-0.4, -0.2) is 23.1 Å². The Morgan fingerprint density at radius 3 is 3.00 bits per heavy atom. The Morgan fingerprint density at radius 2 is 2.18 bits per heavy atom. The van der Waals surface area contributed by atoms with Gasteiger partial charge in [-0.05, 0) is 49.4 Å². The first-order valence-electron chi connectivity index (χ1n) is 7.73. The number of hydrogen-bond donors (Lipinski definition) is 1. The molecule has 1 saturated heterocycles. The highest BCUT2D eigenvalue weighted by Crippen LogP contribution is 2.25. The second kappa shape index (κ2) is 6.53. The van der Waals surface area contributed by atoms with Crippen molar-refractivity contribution < 1.29 is 0 Å². The molecule has 1 fully saturated rings. The van der Waals surface area contributed by atoms with E-state index in [1.807, 2.05) is 37.4 Å². The molecule has 1 N–H and O–H groups in total. The second-order valence-electron chi connectivity index (χ2n) is 6.02. The predicted octanol–water partition coefficient (Wildman–Crippen LogP) is 4.42. The standard InChI is InChI=1S/C17H21ClN4/c1-12-4-3-9-22(11-12)16-7-8-19-17(21-16)20-15-10-14(18)6-5-13(15)2/h5-8,10,12H,3-4,9,11H2,1-2H3,(H,19,20,21). The summed E-state index contributed by atoms with van der Waals surface area (Å²) >= 11 is 6.06. The Labute approximate surface area is 136 Å². The minimum atomic E-state index is 0.612. The zero-order valence-electron chi connectivity index (χ0n) is 13.0. The van der Waals surface area contributed by atoms with Crippen LogP contribution in [0.2, 0.25) is 5.02 Å². The Morgan fingerprint density at radius 1 is 1.32 bits per heavy atom. The molecule has 5 heteroatoms. The molecule has 1 unspecified atom stereocenters. The van der Waals surface area contributed by atoms with Crippen molar-refractivity contribution in [2.75, 3.05) is 23.3 Å². The van der Waals surface area contributed by atoms with E-state index < -0.39 is 0 Å². The van der Waals surface area contributed by atoms with Crippen molar-refractivity contribution >= 4 is 29.1 Å². The van der Waals surface area contributed by atoms with Crippen LogP contribution in [0.3, 0.4) is 0 Å². The fourth-order valence-electron chi connectivity index (χ4n) is 2.83. The maximum absolute atomic E-state index is 6.06. The van der Waals surface area contributed by atoms with Gasteiger partial charge in [-0.15, -0.1) is 0 Å². The third-order valence-corrected chi connectivity index (χ3v) is 4.30. The van der Waals surface area contributed by atoms with Crippen LogP contribution >= 0.6 is 11.6 Å². The van der Waals surface area contributed by atoms with Crippen molar-refractivity contribution in [2.45, 2.75) is 26.7 Å². The monoisotopic (exact) mass is 316 g/mol. The van der Waals surface area contributed by atoms with Crippen molar-refractivity contribution in [3.8, 4) is 0 Å². The van der Waals surface area contributed by atoms with Gasteiger partial charge in [0, 0.05) is 30.0 Å². The van der Waals surface area contributed by atoms with E-state index in [1.54, 1.807) is 0 Å². The number of benzene rings is 1. The van der Waals surface area contributed by atoms with Crippen molar-refractivity contribution in [3.05, 3.63) is 41.0 Å². The summed E-state index contributed by atoms with van der Waals surface area (Å²) in [5.41, 5.74) is 2.06. The summed E-state index contributed by atoms with van der Waals surface area (Å²) in [7, 11) is 0. The minimum absolute atomic E-state index is 0.612. The first-order chi connectivity index (χ1) is 10.6. The van der Waals surface area contributed by atoms with Gasteiger partial charge in [0.2, 0.25) is 5.95 Å². The lowest BCUT2D eigenvalue weighted by molar-refractivity contribution is 0.444. The van der Waals surface area contributed by atoms with Crippen molar-refractivity contribution in [2.24, 2.45) is 5.92 Å². The van der Waals surface area contributed by atoms with Gasteiger partial charge < -0.3 is 10.2 Å². The summed E-state index contributed by atoms with van der Waals surface area (Å²) in [4.78, 5) is 11.3. The van der Waals surface area contributed by atoms with E-state index in [2.05, 4.69) is 27.1 Å². The van der Waals surface area contributed by atoms with Crippen LogP contribution < -0.4 is 10.2 Å². The summed E-state index contributed by atoms with van der Waals surface area (Å²) in [6.45, 7) is 6.46. The molecule has 1 aliphatic rings. The summed E-state index contributed by atoms with van der Waals surface area (Å²) < 4.78 is 0. The van der Waals surface area contributed by atoms with Crippen molar-refractivity contribution in [3.63, 3.8) is 0 Å². The van der Waals surface area contributed by atoms with Crippen LogP contribution in [0.1, 0.15) is 25.3 Å². The van der Waals surface area contributed by atoms with Gasteiger partial charge in [0.25, 0.3) is 0 Å². The maximum atomic E-state index is 6.06. The van der Waals surface area contributed by atoms with Crippen LogP contribution in [0, 0.1) is 12.8 Å². The Bertz CT molecular complexity index is 659. The Hall–Kier alpha value is -1.81. The van der Waals surface area contributed by atoms with E-state index in [0.29, 0.717) is 11.0 Å². The Kier molecular flexibility index (Phi) is 4.48. The average molecular weight is 317 g/mol. The van der Waals surface area contributed by atoms with Crippen LogP contribution in [-0.2, 0) is 0 Å². The number of halogens is 1. The minimum Gasteiger partial charge on any atom is -0.356 e. The molecule has 2 heterocycles. The molecule has 0 saturated carbocycles. The summed E-state index contributed by atoms with van der Waals surface area (Å²) in [6, 6.07) is 7.75. The largest absolute Gasteiger partial charge is 0.356 e. The van der Waals surface area contributed by atoms with Gasteiger partial charge in [-0.2, -0.15) is 4.98 Å². The molecule has 22 heavy (non-hydrogen) atoms. The van der Waals surface area contributed by atoms with E-state index in [4.69, 9.17) is 11.6 Å². The van der Waals surface area contributed by atoms with Crippen LogP contribution in [0.25, 0.3) is 0 Å². The van der Waals surface area contributed by atoms with Gasteiger partial charge in [-0.1, -0.05) is 24.6 Å². The molecular weight excluding hydrogens is 296 g/mol. The quantitative estimate of drug-likeness (QED) is 0.910. The molecule has 1 atom stereocenters. The van der Waals surface area contributed by atoms with Crippen molar-refractivity contribution in [1.29, 1.82) is 0 Å². The Balaban J connectivity index is 1.80. The smallest absolute Gasteiger partial charge is 0.229 e. The van der Waals surface area contributed by atoms with E-state index in [9.17, 15) is 0 Å². The highest BCUT2D eigenvalue weighted by atomic mass is 35.5. The van der Waals surface area contributed by atoms with E-state index in [-0.39, 0.29) is 0 Å². The number of nitrogens with zero attached hydrogens (tertiary/aromatic N) is 3. The third kappa shape index (κ3) is 3.50. The van der Waals surface area contributed by atoms with Crippen LogP contribution in [0.15, 0.2) is 30.5 Å². The fraction of sp³-hybridized carbons (Fsp3) is 0.412. The van der Waals surface area contributed by atoms with Gasteiger partial charge in [0.05, 0.1) is 0 Å². The third-order valence-electron chi connectivity index (χ3n) is 4.07. The summed E-state index contributed by atoms with van der Waals surface area (Å²) in [5, 5.41) is 3.97. The molecule has 0 radical (unpaired) electrons. The molecule has 0 amide bonds. The van der Waals surface area contributed by atoms with E-state index in [1.165, 1.54) is 12.8 Å². The number of hydrogen-bond acceptors (Lipinski definition) is 4. The summed E-state index contributed by atoms with van der Waals surface area (Å²) in [6.07, 6.45) is 4.33. The molecule has 3 rings (SSSR count). The molecule has 2 aromatic rings. The number of aryl methyl sites for hydroxylation is 1. The van der Waals surface area contributed by atoms with Gasteiger partial charge in [0.1, 0.15) is 5.82 Å². The van der Waals surface area contributed by atoms with Crippen LogP contribution in [0.5, 0.6) is 0 Å². The SMILES string of the molecule is Cc1ccc(Cl)cc1Nc1nccc(N2CCCC(C)C2)n1. The van der Waals surface area contributed by atoms with Crippen molar-refractivity contribution in [1.82, 2.24) is 9.97 Å². The van der Waals surface area contributed by atoms with Gasteiger partial charge in [0.15, 0.2) is 0 Å². The predicted molar refractivity (Wildman–Crippen MR) is 92.1 cm³/mol. The molecule has 0 aliphatic carbocycles. The van der Waals surface area contributed by atoms with E-state index >= 15 is 0 Å². The molecule has 1 aromatic heterocycles. The number of anilines is 3. The first-order valence-corrected chi connectivity index (χ1v) is 8.11. The average Bonchev–Trinajstić information content (AvgIpc) is 2.51. The highest BCUT2D eigenvalue weighted by Gasteiger charge is 2.18. The molecular formula is C17H21ClN4. The first kappa shape index (κ1) is 15.1. The maximum Gasteiger partial charge on any atom is 0.229 e. The highest BCUT2D eigenvalue weighted by molar-refractivity contribution is 6.30. The zero-order chi connectivity index (χ0) is 15.5. The lowest BCUT2D eigenvalue weighted by Gasteiger charge is -2.31. The molecule has 1 aromatic carbocycles. The number of nitrogens with one attached hydrogen (secondary N) is 1. The molecule has 0 bridgehead atoms. The molecule has 1 aliphatic heterocycles. The summed E-state index contributed by atoms with van der Waals surface area (Å²) in [5.74, 6) is 2.32. The van der Waals surface area contributed by atoms with Gasteiger partial charge >= 0.3 is 0 Å². The molecule has 4 nitrogen and oxygen atoms in total. The topological polar surface area (TPSA) is 41.1 Å². The van der Waals surface area contributed by atoms with Crippen LogP contribution in [0.4, 0.5) is 17.5 Å². The van der Waals surface area contributed by atoms with Gasteiger partial charge in [-0.3, -0.25) is 0 Å². The lowest BCUT2D eigenvalue weighted by atomic mass is 10.0. The normalized spacial score (nSPS) is 18.3. The lowest BCUT2D eigenvalue weighted by Crippen LogP contribution is -2.34. The van der Waals surface area contributed by atoms with E-state index in [0.717, 1.165) is 36.1 Å². The van der Waals surface area contributed by atoms with Gasteiger partial charge in [-0.25, -0.2) is 4.98 Å². The second-order valence-corrected chi connectivity index (χ2v) is 6.45. The molecule has 116 valence electrons. The number of aromatic nitrogens is 2. The zero-order valence-corrected chi connectivity index (χ0v) is 13.8. The number of piperidine rings is 1. The number of rotatable bonds is 3.